The van der Waals surface area contributed by atoms with Crippen LogP contribution in [0.1, 0.15) is 0 Å². The summed E-state index contributed by atoms with van der Waals surface area (Å²) in [6.07, 6.45) is -6.69. The van der Waals surface area contributed by atoms with Gasteiger partial charge in [-0.15, -0.1) is 0 Å². The zero-order valence-electron chi connectivity index (χ0n) is 14.1. The van der Waals surface area contributed by atoms with Crippen molar-refractivity contribution in [3.8, 4) is 0 Å². The van der Waals surface area contributed by atoms with Crippen LogP contribution in [0.2, 0.25) is 0 Å². The van der Waals surface area contributed by atoms with Crippen LogP contribution in [0.15, 0.2) is 12.3 Å². The van der Waals surface area contributed by atoms with Gasteiger partial charge in [0.2, 0.25) is 0 Å². The van der Waals surface area contributed by atoms with Crippen LogP contribution in [0.25, 0.3) is 0 Å². The molecular weight excluding hydrogens is 469 g/mol. The van der Waals surface area contributed by atoms with Gasteiger partial charge in [0.05, 0.1) is 6.61 Å². The lowest BCUT2D eigenvalue weighted by molar-refractivity contribution is -0.153. The van der Waals surface area contributed by atoms with E-state index >= 15 is 0 Å². The van der Waals surface area contributed by atoms with Crippen molar-refractivity contribution in [2.24, 2.45) is 0 Å². The standard InChI is InChI=1S/C9H19N2O15P3/c12-5-1-2-11(9(15)10-5)8-7(14)6(13)4(24-8)3-23-28(19,20)26-29(21,22)25-27(16,17)18/h1-2,4-10,12-15H,3H2,(H,19,20)(H,21,22)(H2,16,17,18)/t4-,5+,6-,7-,8-,9+/m1/s1. The Balaban J connectivity index is 1.98. The average Bonchev–Trinajstić information content (AvgIpc) is 2.78. The third-order valence-electron chi connectivity index (χ3n) is 3.49. The number of phosphoric acid groups is 3. The summed E-state index contributed by atoms with van der Waals surface area (Å²) in [6, 6.07) is 0. The van der Waals surface area contributed by atoms with Crippen molar-refractivity contribution < 1.29 is 71.6 Å². The smallest absolute Gasteiger partial charge is 0.387 e. The molecule has 0 saturated carbocycles. The lowest BCUT2D eigenvalue weighted by Crippen LogP contribution is -2.56. The Morgan fingerprint density at radius 3 is 2.14 bits per heavy atom. The monoisotopic (exact) mass is 488 g/mol. The highest BCUT2D eigenvalue weighted by Crippen LogP contribution is 2.66. The maximum atomic E-state index is 11.7. The predicted octanol–water partition coefficient (Wildman–Crippen LogP) is -3.21. The molecule has 20 heteroatoms. The molecule has 2 unspecified atom stereocenters. The maximum Gasteiger partial charge on any atom is 0.490 e. The fourth-order valence-electron chi connectivity index (χ4n) is 2.36. The number of aliphatic hydroxyl groups is 4. The average molecular weight is 488 g/mol. The number of nitrogens with one attached hydrogen (secondary N) is 1. The second-order valence-electron chi connectivity index (χ2n) is 5.71. The summed E-state index contributed by atoms with van der Waals surface area (Å²) in [7, 11) is -16.7. The Morgan fingerprint density at radius 1 is 0.966 bits per heavy atom. The van der Waals surface area contributed by atoms with Crippen LogP contribution < -0.4 is 5.32 Å². The topological polar surface area (TPSA) is 265 Å². The molecule has 9 N–H and O–H groups in total. The van der Waals surface area contributed by atoms with Crippen molar-refractivity contribution in [2.45, 2.75) is 37.1 Å². The molecule has 2 aliphatic rings. The Hall–Kier alpha value is -0.290. The summed E-state index contributed by atoms with van der Waals surface area (Å²) in [5, 5.41) is 41.4. The molecule has 0 amide bonds. The second-order valence-corrected chi connectivity index (χ2v) is 10.1. The molecule has 0 aromatic carbocycles. The molecule has 17 nitrogen and oxygen atoms in total. The molecule has 0 spiro atoms. The van der Waals surface area contributed by atoms with E-state index in [-0.39, 0.29) is 0 Å². The summed E-state index contributed by atoms with van der Waals surface area (Å²) >= 11 is 0. The van der Waals surface area contributed by atoms with Crippen LogP contribution in [-0.4, -0.2) is 88.6 Å². The minimum atomic E-state index is -5.71. The summed E-state index contributed by atoms with van der Waals surface area (Å²) < 4.78 is 50.1. The quantitative estimate of drug-likeness (QED) is 0.152. The summed E-state index contributed by atoms with van der Waals surface area (Å²) in [5.41, 5.74) is 0. The predicted molar refractivity (Wildman–Crippen MR) is 86.6 cm³/mol. The molecule has 0 aromatic heterocycles. The Labute approximate surface area is 162 Å². The first kappa shape index (κ1) is 25.0. The lowest BCUT2D eigenvalue weighted by Gasteiger charge is -2.37. The van der Waals surface area contributed by atoms with Crippen LogP contribution in [0, 0.1) is 0 Å². The number of hydrogen-bond donors (Lipinski definition) is 9. The van der Waals surface area contributed by atoms with Crippen molar-refractivity contribution in [3.05, 3.63) is 12.3 Å². The van der Waals surface area contributed by atoms with Crippen LogP contribution >= 0.6 is 23.5 Å². The SMILES string of the molecule is O=P(O)(O)OP(=O)(O)OP(=O)(O)OC[C@H]1O[C@@H](N2C=C[C@H](O)N[C@@H]2O)[C@H](O)[C@@H]1O. The van der Waals surface area contributed by atoms with Gasteiger partial charge >= 0.3 is 23.5 Å². The van der Waals surface area contributed by atoms with Crippen molar-refractivity contribution >= 4 is 23.5 Å². The fourth-order valence-corrected chi connectivity index (χ4v) is 5.39. The first-order chi connectivity index (χ1) is 13.1. The number of phosphoric ester groups is 1. The molecule has 2 aliphatic heterocycles. The van der Waals surface area contributed by atoms with Gasteiger partial charge in [0.1, 0.15) is 24.5 Å². The molecule has 2 rings (SSSR count). The largest absolute Gasteiger partial charge is 0.490 e. The van der Waals surface area contributed by atoms with Crippen LogP contribution in [0.4, 0.5) is 0 Å². The third kappa shape index (κ3) is 7.12. The van der Waals surface area contributed by atoms with E-state index in [4.69, 9.17) is 19.4 Å². The summed E-state index contributed by atoms with van der Waals surface area (Å²) in [6.45, 7) is -0.998. The Morgan fingerprint density at radius 2 is 1.59 bits per heavy atom. The highest BCUT2D eigenvalue weighted by atomic mass is 31.3. The second kappa shape index (κ2) is 9.06. The van der Waals surface area contributed by atoms with E-state index < -0.39 is 67.2 Å². The number of aliphatic hydroxyl groups excluding tert-OH is 4. The van der Waals surface area contributed by atoms with Gasteiger partial charge in [0.25, 0.3) is 0 Å². The van der Waals surface area contributed by atoms with E-state index in [0.29, 0.717) is 0 Å². The minimum Gasteiger partial charge on any atom is -0.387 e. The highest BCUT2D eigenvalue weighted by Gasteiger charge is 2.48. The van der Waals surface area contributed by atoms with E-state index in [1.807, 2.05) is 0 Å². The van der Waals surface area contributed by atoms with Crippen LogP contribution in [0.5, 0.6) is 0 Å². The Bertz CT molecular complexity index is 757. The van der Waals surface area contributed by atoms with E-state index in [1.165, 1.54) is 6.08 Å². The van der Waals surface area contributed by atoms with Crippen molar-refractivity contribution in [2.75, 3.05) is 6.61 Å². The fraction of sp³-hybridized carbons (Fsp3) is 0.778. The van der Waals surface area contributed by atoms with Gasteiger partial charge in [-0.3, -0.25) is 4.52 Å². The molecule has 0 bridgehead atoms. The molecule has 0 aromatic rings. The van der Waals surface area contributed by atoms with Gasteiger partial charge in [-0.05, 0) is 6.08 Å². The first-order valence-corrected chi connectivity index (χ1v) is 12.0. The third-order valence-corrected chi connectivity index (χ3v) is 7.29. The van der Waals surface area contributed by atoms with Crippen LogP contribution in [-0.2, 0) is 31.6 Å². The van der Waals surface area contributed by atoms with Gasteiger partial charge < -0.3 is 49.6 Å². The number of nitrogens with zero attached hydrogens (tertiary/aromatic N) is 1. The maximum absolute atomic E-state index is 11.7. The first-order valence-electron chi connectivity index (χ1n) is 7.48. The minimum absolute atomic E-state index is 0.964. The van der Waals surface area contributed by atoms with Gasteiger partial charge in [0.15, 0.2) is 12.6 Å². The molecule has 2 heterocycles. The van der Waals surface area contributed by atoms with Gasteiger partial charge in [-0.1, -0.05) is 0 Å². The molecule has 8 atom stereocenters. The van der Waals surface area contributed by atoms with Gasteiger partial charge in [-0.2, -0.15) is 8.62 Å². The molecule has 170 valence electrons. The van der Waals surface area contributed by atoms with Crippen molar-refractivity contribution in [1.29, 1.82) is 0 Å². The summed E-state index contributed by atoms with van der Waals surface area (Å²) in [5.74, 6) is 0. The van der Waals surface area contributed by atoms with E-state index in [9.17, 15) is 39.0 Å². The zero-order valence-corrected chi connectivity index (χ0v) is 16.7. The number of ether oxygens (including phenoxy) is 1. The van der Waals surface area contributed by atoms with E-state index in [0.717, 1.165) is 11.1 Å². The van der Waals surface area contributed by atoms with Crippen LogP contribution in [0.3, 0.4) is 0 Å². The van der Waals surface area contributed by atoms with E-state index in [1.54, 1.807) is 0 Å². The Kier molecular flexibility index (Phi) is 7.80. The lowest BCUT2D eigenvalue weighted by atomic mass is 10.1. The normalized spacial score (nSPS) is 37.3. The summed E-state index contributed by atoms with van der Waals surface area (Å²) in [4.78, 5) is 36.3. The molecule has 29 heavy (non-hydrogen) atoms. The molecule has 0 aliphatic carbocycles. The zero-order chi connectivity index (χ0) is 22.2. The van der Waals surface area contributed by atoms with Gasteiger partial charge in [-0.25, -0.2) is 19.0 Å². The van der Waals surface area contributed by atoms with Crippen molar-refractivity contribution in [1.82, 2.24) is 10.2 Å². The number of hydrogen-bond acceptors (Lipinski definition) is 13. The highest BCUT2D eigenvalue weighted by molar-refractivity contribution is 7.66. The molecule has 0 radical (unpaired) electrons. The number of rotatable bonds is 8. The molecule has 1 saturated heterocycles. The van der Waals surface area contributed by atoms with Gasteiger partial charge in [0, 0.05) is 6.20 Å². The molecular formula is C9H19N2O15P3. The molecule has 1 fully saturated rings. The van der Waals surface area contributed by atoms with E-state index in [2.05, 4.69) is 18.5 Å². The van der Waals surface area contributed by atoms with Crippen molar-refractivity contribution in [3.63, 3.8) is 0 Å².